The summed E-state index contributed by atoms with van der Waals surface area (Å²) < 4.78 is 12.7. The monoisotopic (exact) mass is 612 g/mol. The molecule has 44 heavy (non-hydrogen) atoms. The number of urea groups is 1. The average Bonchev–Trinajstić information content (AvgIpc) is 3.42. The van der Waals surface area contributed by atoms with E-state index in [2.05, 4.69) is 42.8 Å². The number of hydrogen-bond donors (Lipinski definition) is 3. The fourth-order valence-electron chi connectivity index (χ4n) is 5.13. The summed E-state index contributed by atoms with van der Waals surface area (Å²) in [5.74, 6) is 1.90. The van der Waals surface area contributed by atoms with E-state index < -0.39 is 0 Å². The molecule has 0 unspecified atom stereocenters. The smallest absolute Gasteiger partial charge is 0.323 e. The van der Waals surface area contributed by atoms with Crippen molar-refractivity contribution in [1.29, 1.82) is 0 Å². The predicted molar refractivity (Wildman–Crippen MR) is 177 cm³/mol. The molecule has 3 aromatic carbocycles. The molecule has 0 radical (unpaired) electrons. The Morgan fingerprint density at radius 2 is 1.82 bits per heavy atom. The van der Waals surface area contributed by atoms with E-state index in [1.807, 2.05) is 61.5 Å². The van der Waals surface area contributed by atoms with Crippen LogP contribution in [-0.4, -0.2) is 84.3 Å². The number of aryl methyl sites for hydroxylation is 1. The number of para-hydroxylation sites is 1. The zero-order valence-electron chi connectivity index (χ0n) is 25.1. The van der Waals surface area contributed by atoms with Crippen molar-refractivity contribution in [2.24, 2.45) is 0 Å². The number of thiazole rings is 1. The highest BCUT2D eigenvalue weighted by atomic mass is 32.1. The number of benzene rings is 3. The van der Waals surface area contributed by atoms with Crippen LogP contribution in [0.4, 0.5) is 27.1 Å². The summed E-state index contributed by atoms with van der Waals surface area (Å²) >= 11 is 1.47. The summed E-state index contributed by atoms with van der Waals surface area (Å²) in [6, 6.07) is 16.8. The second-order valence-electron chi connectivity index (χ2n) is 10.8. The van der Waals surface area contributed by atoms with Crippen LogP contribution < -0.4 is 25.4 Å². The van der Waals surface area contributed by atoms with E-state index >= 15 is 0 Å². The maximum Gasteiger partial charge on any atom is 0.323 e. The van der Waals surface area contributed by atoms with Gasteiger partial charge in [0.25, 0.3) is 0 Å². The number of amides is 2. The van der Waals surface area contributed by atoms with Gasteiger partial charge in [0.1, 0.15) is 12.1 Å². The summed E-state index contributed by atoms with van der Waals surface area (Å²) in [5, 5.41) is 10.6. The molecule has 1 saturated heterocycles. The van der Waals surface area contributed by atoms with Crippen molar-refractivity contribution >= 4 is 60.8 Å². The molecule has 5 aromatic rings. The van der Waals surface area contributed by atoms with Gasteiger partial charge in [0.05, 0.1) is 29.5 Å². The number of hydrogen-bond acceptors (Lipinski definition) is 10. The Morgan fingerprint density at radius 3 is 2.64 bits per heavy atom. The highest BCUT2D eigenvalue weighted by molar-refractivity contribution is 7.22. The van der Waals surface area contributed by atoms with Gasteiger partial charge in [0, 0.05) is 55.6 Å². The van der Waals surface area contributed by atoms with E-state index in [1.54, 1.807) is 7.11 Å². The maximum atomic E-state index is 12.6. The van der Waals surface area contributed by atoms with Crippen molar-refractivity contribution in [3.63, 3.8) is 0 Å². The summed E-state index contributed by atoms with van der Waals surface area (Å²) in [6.45, 7) is 7.98. The number of likely N-dealkylation sites (N-methyl/N-ethyl adjacent to an activating group) is 1. The normalized spacial score (nSPS) is 14.1. The van der Waals surface area contributed by atoms with E-state index in [9.17, 15) is 4.79 Å². The van der Waals surface area contributed by atoms with E-state index in [0.29, 0.717) is 34.7 Å². The molecule has 2 amide bonds. The lowest BCUT2D eigenvalue weighted by molar-refractivity contribution is 0.145. The van der Waals surface area contributed by atoms with Gasteiger partial charge >= 0.3 is 6.03 Å². The molecule has 0 atom stereocenters. The molecule has 0 spiro atoms. The van der Waals surface area contributed by atoms with Crippen molar-refractivity contribution < 1.29 is 14.3 Å². The third kappa shape index (κ3) is 6.99. The number of nitrogens with one attached hydrogen (secondary N) is 3. The molecular weight excluding hydrogens is 576 g/mol. The number of nitrogens with zero attached hydrogens (tertiary/aromatic N) is 5. The molecule has 3 N–H and O–H groups in total. The largest absolute Gasteiger partial charge is 0.493 e. The molecule has 1 aliphatic heterocycles. The van der Waals surface area contributed by atoms with Crippen LogP contribution in [0.2, 0.25) is 0 Å². The molecule has 3 heterocycles. The van der Waals surface area contributed by atoms with Crippen molar-refractivity contribution in [1.82, 2.24) is 24.8 Å². The molecule has 6 rings (SSSR count). The van der Waals surface area contributed by atoms with Gasteiger partial charge < -0.3 is 35.2 Å². The lowest BCUT2D eigenvalue weighted by atomic mass is 10.2. The second kappa shape index (κ2) is 13.4. The Kier molecular flexibility index (Phi) is 9.01. The first kappa shape index (κ1) is 29.5. The first-order valence-corrected chi connectivity index (χ1v) is 15.4. The fourth-order valence-corrected chi connectivity index (χ4v) is 6.04. The Bertz CT molecular complexity index is 1770. The molecule has 1 aliphatic rings. The molecule has 228 valence electrons. The predicted octanol–water partition coefficient (Wildman–Crippen LogP) is 5.96. The Morgan fingerprint density at radius 1 is 0.977 bits per heavy atom. The zero-order chi connectivity index (χ0) is 30.5. The SMILES string of the molecule is COc1cc2c(Nc3nc4ccc(NC(=O)Nc5ccccc5C)cc4s3)ncnc2cc1OCCCN1CCN(C)CC1. The van der Waals surface area contributed by atoms with Gasteiger partial charge in [-0.15, -0.1) is 0 Å². The summed E-state index contributed by atoms with van der Waals surface area (Å²) in [6.07, 6.45) is 2.46. The number of aromatic nitrogens is 3. The van der Waals surface area contributed by atoms with Crippen molar-refractivity contribution in [3.8, 4) is 11.5 Å². The Hall–Kier alpha value is -4.52. The van der Waals surface area contributed by atoms with Gasteiger partial charge in [0.2, 0.25) is 0 Å². The van der Waals surface area contributed by atoms with Crippen molar-refractivity contribution in [3.05, 3.63) is 66.5 Å². The third-order valence-corrected chi connectivity index (χ3v) is 8.59. The van der Waals surface area contributed by atoms with E-state index in [-0.39, 0.29) is 6.03 Å². The Balaban J connectivity index is 1.12. The van der Waals surface area contributed by atoms with Gasteiger partial charge in [-0.1, -0.05) is 29.5 Å². The molecule has 0 bridgehead atoms. The van der Waals surface area contributed by atoms with Crippen LogP contribution in [0, 0.1) is 6.92 Å². The highest BCUT2D eigenvalue weighted by Gasteiger charge is 2.16. The van der Waals surface area contributed by atoms with Crippen LogP contribution in [0.25, 0.3) is 21.1 Å². The minimum Gasteiger partial charge on any atom is -0.493 e. The number of ether oxygens (including phenoxy) is 2. The van der Waals surface area contributed by atoms with Gasteiger partial charge in [-0.25, -0.2) is 19.7 Å². The van der Waals surface area contributed by atoms with Crippen molar-refractivity contribution in [2.45, 2.75) is 13.3 Å². The molecule has 12 heteroatoms. The number of carbonyl (C=O) groups excluding carboxylic acids is 1. The molecule has 1 fully saturated rings. The quantitative estimate of drug-likeness (QED) is 0.164. The topological polar surface area (TPSA) is 117 Å². The third-order valence-electron chi connectivity index (χ3n) is 7.66. The maximum absolute atomic E-state index is 12.6. The van der Waals surface area contributed by atoms with E-state index in [4.69, 9.17) is 14.5 Å². The molecular formula is C32H36N8O3S. The van der Waals surface area contributed by atoms with Gasteiger partial charge in [-0.2, -0.15) is 0 Å². The number of fused-ring (bicyclic) bond motifs is 2. The number of methoxy groups -OCH3 is 1. The van der Waals surface area contributed by atoms with Crippen molar-refractivity contribution in [2.75, 3.05) is 69.4 Å². The first-order chi connectivity index (χ1) is 21.4. The molecule has 0 saturated carbocycles. The van der Waals surface area contributed by atoms with Crippen LogP contribution in [0.15, 0.2) is 60.9 Å². The van der Waals surface area contributed by atoms with Gasteiger partial charge in [0.15, 0.2) is 16.6 Å². The summed E-state index contributed by atoms with van der Waals surface area (Å²) in [7, 11) is 3.80. The van der Waals surface area contributed by atoms with Crippen LogP contribution >= 0.6 is 11.3 Å². The van der Waals surface area contributed by atoms with Gasteiger partial charge in [-0.05, 0) is 56.3 Å². The van der Waals surface area contributed by atoms with Crippen LogP contribution in [-0.2, 0) is 0 Å². The average molecular weight is 613 g/mol. The lowest BCUT2D eigenvalue weighted by Crippen LogP contribution is -2.44. The molecule has 11 nitrogen and oxygen atoms in total. The lowest BCUT2D eigenvalue weighted by Gasteiger charge is -2.32. The first-order valence-electron chi connectivity index (χ1n) is 14.6. The van der Waals surface area contributed by atoms with Crippen LogP contribution in [0.3, 0.4) is 0 Å². The van der Waals surface area contributed by atoms with E-state index in [0.717, 1.165) is 71.5 Å². The molecule has 0 aliphatic carbocycles. The van der Waals surface area contributed by atoms with Gasteiger partial charge in [-0.3, -0.25) is 0 Å². The minimum absolute atomic E-state index is 0.304. The number of anilines is 4. The standard InChI is InChI=1S/C32H36N8O3S/c1-21-7-4-5-8-24(21)36-31(41)35-22-9-10-25-29(17-22)44-32(37-25)38-30-23-18-27(42-3)28(19-26(23)33-20-34-30)43-16-6-11-40-14-12-39(2)13-15-40/h4-5,7-10,17-20H,6,11-16H2,1-3H3,(H2,35,36,41)(H,33,34,37,38). The highest BCUT2D eigenvalue weighted by Crippen LogP contribution is 2.36. The second-order valence-corrected chi connectivity index (χ2v) is 11.8. The molecule has 2 aromatic heterocycles. The number of rotatable bonds is 10. The number of piperazine rings is 1. The van der Waals surface area contributed by atoms with E-state index in [1.165, 1.54) is 17.7 Å². The summed E-state index contributed by atoms with van der Waals surface area (Å²) in [5.41, 5.74) is 3.98. The minimum atomic E-state index is -0.304. The van der Waals surface area contributed by atoms with Crippen LogP contribution in [0.5, 0.6) is 11.5 Å². The Labute approximate surface area is 260 Å². The van der Waals surface area contributed by atoms with Crippen LogP contribution in [0.1, 0.15) is 12.0 Å². The number of carbonyl (C=O) groups is 1. The zero-order valence-corrected chi connectivity index (χ0v) is 25.9. The summed E-state index contributed by atoms with van der Waals surface area (Å²) in [4.78, 5) is 31.1. The fraction of sp³-hybridized carbons (Fsp3) is 0.312.